The molecule has 0 fully saturated rings. The van der Waals surface area contributed by atoms with Gasteiger partial charge in [-0.05, 0) is 42.5 Å². The SMILES string of the molecule is N/C(=N/S(=O)(=O)c1ccc(Cl)c(Cl)c1)c1ccc(Cl)cc1. The monoisotopic (exact) mass is 362 g/mol. The van der Waals surface area contributed by atoms with Crippen LogP contribution in [0.5, 0.6) is 0 Å². The summed E-state index contributed by atoms with van der Waals surface area (Å²) in [5.74, 6) is -0.141. The van der Waals surface area contributed by atoms with Crippen LogP contribution in [0.25, 0.3) is 0 Å². The molecule has 0 aromatic heterocycles. The van der Waals surface area contributed by atoms with E-state index in [0.29, 0.717) is 10.6 Å². The first-order valence-corrected chi connectivity index (χ1v) is 8.18. The van der Waals surface area contributed by atoms with E-state index < -0.39 is 10.0 Å². The Hall–Kier alpha value is -1.27. The lowest BCUT2D eigenvalue weighted by molar-refractivity contribution is 0.598. The minimum absolute atomic E-state index is 0.0891. The number of sulfonamides is 1. The third-order valence-electron chi connectivity index (χ3n) is 2.55. The summed E-state index contributed by atoms with van der Waals surface area (Å²) in [7, 11) is -3.97. The Balaban J connectivity index is 2.41. The zero-order chi connectivity index (χ0) is 15.6. The zero-order valence-electron chi connectivity index (χ0n) is 10.4. The predicted octanol–water partition coefficient (Wildman–Crippen LogP) is 3.74. The average Bonchev–Trinajstić information content (AvgIpc) is 2.42. The number of benzene rings is 2. The molecule has 0 aliphatic heterocycles. The van der Waals surface area contributed by atoms with Crippen molar-refractivity contribution in [2.45, 2.75) is 4.90 Å². The van der Waals surface area contributed by atoms with Crippen molar-refractivity contribution in [1.82, 2.24) is 0 Å². The molecular formula is C13H9Cl3N2O2S. The van der Waals surface area contributed by atoms with Crippen LogP contribution in [0.1, 0.15) is 5.56 Å². The van der Waals surface area contributed by atoms with Gasteiger partial charge in [-0.3, -0.25) is 0 Å². The van der Waals surface area contributed by atoms with Gasteiger partial charge in [-0.1, -0.05) is 34.8 Å². The van der Waals surface area contributed by atoms with E-state index in [2.05, 4.69) is 4.40 Å². The second-order valence-corrected chi connectivity index (χ2v) is 6.89. The molecule has 0 unspecified atom stereocenters. The highest BCUT2D eigenvalue weighted by molar-refractivity contribution is 7.90. The molecule has 0 amide bonds. The fourth-order valence-corrected chi connectivity index (χ4v) is 2.96. The van der Waals surface area contributed by atoms with Gasteiger partial charge in [0.2, 0.25) is 0 Å². The van der Waals surface area contributed by atoms with E-state index in [0.717, 1.165) is 0 Å². The van der Waals surface area contributed by atoms with Crippen LogP contribution in [0.4, 0.5) is 0 Å². The largest absolute Gasteiger partial charge is 0.383 e. The summed E-state index contributed by atoms with van der Waals surface area (Å²) in [5, 5.41) is 0.891. The van der Waals surface area contributed by atoms with Gasteiger partial charge in [0.15, 0.2) is 0 Å². The zero-order valence-corrected chi connectivity index (χ0v) is 13.5. The Labute approximate surface area is 137 Å². The maximum absolute atomic E-state index is 12.2. The van der Waals surface area contributed by atoms with Crippen molar-refractivity contribution < 1.29 is 8.42 Å². The van der Waals surface area contributed by atoms with E-state index in [1.165, 1.54) is 18.2 Å². The topological polar surface area (TPSA) is 72.5 Å². The Bertz CT molecular complexity index is 803. The van der Waals surface area contributed by atoms with Gasteiger partial charge in [0.25, 0.3) is 10.0 Å². The Kier molecular flexibility index (Phi) is 4.78. The molecule has 0 radical (unpaired) electrons. The molecule has 21 heavy (non-hydrogen) atoms. The maximum Gasteiger partial charge on any atom is 0.284 e. The fraction of sp³-hybridized carbons (Fsp3) is 0. The third-order valence-corrected chi connectivity index (χ3v) is 4.83. The van der Waals surface area contributed by atoms with Gasteiger partial charge in [-0.15, -0.1) is 4.40 Å². The summed E-state index contributed by atoms with van der Waals surface area (Å²) in [6.45, 7) is 0. The molecule has 0 bridgehead atoms. The van der Waals surface area contributed by atoms with Crippen LogP contribution in [0, 0.1) is 0 Å². The van der Waals surface area contributed by atoms with Crippen molar-refractivity contribution in [2.24, 2.45) is 10.1 Å². The normalized spacial score (nSPS) is 12.4. The van der Waals surface area contributed by atoms with E-state index >= 15 is 0 Å². The number of rotatable bonds is 3. The van der Waals surface area contributed by atoms with E-state index in [4.69, 9.17) is 40.5 Å². The minimum atomic E-state index is -3.97. The lowest BCUT2D eigenvalue weighted by Crippen LogP contribution is -2.16. The van der Waals surface area contributed by atoms with E-state index in [-0.39, 0.29) is 20.8 Å². The van der Waals surface area contributed by atoms with Crippen molar-refractivity contribution >= 4 is 50.7 Å². The highest BCUT2D eigenvalue weighted by atomic mass is 35.5. The second-order valence-electron chi connectivity index (χ2n) is 4.03. The molecule has 4 nitrogen and oxygen atoms in total. The van der Waals surface area contributed by atoms with Crippen LogP contribution in [0.3, 0.4) is 0 Å². The first-order chi connectivity index (χ1) is 9.79. The van der Waals surface area contributed by atoms with E-state index in [1.807, 2.05) is 0 Å². The molecule has 8 heteroatoms. The summed E-state index contributed by atoms with van der Waals surface area (Å²) < 4.78 is 27.9. The minimum Gasteiger partial charge on any atom is -0.383 e. The molecule has 0 saturated carbocycles. The second kappa shape index (κ2) is 6.23. The summed E-state index contributed by atoms with van der Waals surface area (Å²) >= 11 is 17.3. The van der Waals surface area contributed by atoms with Gasteiger partial charge >= 0.3 is 0 Å². The molecule has 0 atom stereocenters. The molecule has 0 spiro atoms. The van der Waals surface area contributed by atoms with Crippen LogP contribution in [0.15, 0.2) is 51.8 Å². The van der Waals surface area contributed by atoms with Gasteiger partial charge in [0.05, 0.1) is 14.9 Å². The highest BCUT2D eigenvalue weighted by Gasteiger charge is 2.15. The van der Waals surface area contributed by atoms with Crippen molar-refractivity contribution in [3.05, 3.63) is 63.1 Å². The van der Waals surface area contributed by atoms with Crippen molar-refractivity contribution in [1.29, 1.82) is 0 Å². The van der Waals surface area contributed by atoms with Crippen LogP contribution in [0.2, 0.25) is 15.1 Å². The average molecular weight is 364 g/mol. The van der Waals surface area contributed by atoms with Gasteiger partial charge in [-0.2, -0.15) is 8.42 Å². The summed E-state index contributed by atoms with van der Waals surface area (Å²) in [5.41, 5.74) is 6.15. The Morgan fingerprint density at radius 3 is 2.14 bits per heavy atom. The number of halogens is 3. The summed E-state index contributed by atoms with van der Waals surface area (Å²) in [6, 6.07) is 10.2. The van der Waals surface area contributed by atoms with Gasteiger partial charge in [0, 0.05) is 10.6 Å². The van der Waals surface area contributed by atoms with Crippen LogP contribution in [-0.4, -0.2) is 14.3 Å². The molecule has 0 aliphatic carbocycles. The van der Waals surface area contributed by atoms with Gasteiger partial charge in [0.1, 0.15) is 5.84 Å². The smallest absolute Gasteiger partial charge is 0.284 e. The van der Waals surface area contributed by atoms with Gasteiger partial charge < -0.3 is 5.73 Å². The van der Waals surface area contributed by atoms with Gasteiger partial charge in [-0.25, -0.2) is 0 Å². The summed E-state index contributed by atoms with van der Waals surface area (Å²) in [4.78, 5) is -0.0891. The molecule has 2 N–H and O–H groups in total. The van der Waals surface area contributed by atoms with Crippen molar-refractivity contribution in [2.75, 3.05) is 0 Å². The van der Waals surface area contributed by atoms with Crippen LogP contribution in [-0.2, 0) is 10.0 Å². The number of nitrogens with two attached hydrogens (primary N) is 1. The first kappa shape index (κ1) is 16.1. The Morgan fingerprint density at radius 1 is 0.952 bits per heavy atom. The first-order valence-electron chi connectivity index (χ1n) is 5.61. The lowest BCUT2D eigenvalue weighted by atomic mass is 10.2. The molecule has 2 aromatic carbocycles. The van der Waals surface area contributed by atoms with Crippen LogP contribution >= 0.6 is 34.8 Å². The molecular weight excluding hydrogens is 355 g/mol. The Morgan fingerprint density at radius 2 is 1.57 bits per heavy atom. The highest BCUT2D eigenvalue weighted by Crippen LogP contribution is 2.25. The molecule has 0 aliphatic rings. The number of hydrogen-bond donors (Lipinski definition) is 1. The lowest BCUT2D eigenvalue weighted by Gasteiger charge is -2.04. The number of hydrogen-bond acceptors (Lipinski definition) is 2. The molecule has 0 saturated heterocycles. The quantitative estimate of drug-likeness (QED) is 0.667. The molecule has 110 valence electrons. The number of nitrogens with zero attached hydrogens (tertiary/aromatic N) is 1. The van der Waals surface area contributed by atoms with Crippen LogP contribution < -0.4 is 5.73 Å². The molecule has 2 aromatic rings. The van der Waals surface area contributed by atoms with E-state index in [9.17, 15) is 8.42 Å². The predicted molar refractivity (Wildman–Crippen MR) is 85.8 cm³/mol. The number of amidine groups is 1. The third kappa shape index (κ3) is 3.89. The van der Waals surface area contributed by atoms with Crippen molar-refractivity contribution in [3.63, 3.8) is 0 Å². The maximum atomic E-state index is 12.2. The summed E-state index contributed by atoms with van der Waals surface area (Å²) in [6.07, 6.45) is 0. The van der Waals surface area contributed by atoms with E-state index in [1.54, 1.807) is 24.3 Å². The fourth-order valence-electron chi connectivity index (χ4n) is 1.49. The molecule has 2 rings (SSSR count). The van der Waals surface area contributed by atoms with Crippen molar-refractivity contribution in [3.8, 4) is 0 Å². The molecule has 0 heterocycles. The standard InChI is InChI=1S/C13H9Cl3N2O2S/c14-9-3-1-8(2-4-9)13(17)18-21(19,20)10-5-6-11(15)12(16)7-10/h1-7H,(H2,17,18).